The summed E-state index contributed by atoms with van der Waals surface area (Å²) in [6, 6.07) is 0.425. The van der Waals surface area contributed by atoms with Gasteiger partial charge in [-0.2, -0.15) is 0 Å². The molecule has 0 aliphatic heterocycles. The second-order valence-corrected chi connectivity index (χ2v) is 5.48. The minimum atomic E-state index is -0.444. The van der Waals surface area contributed by atoms with Gasteiger partial charge in [-0.15, -0.1) is 0 Å². The van der Waals surface area contributed by atoms with Crippen LogP contribution in [0.3, 0.4) is 0 Å². The molecule has 1 saturated carbocycles. The quantitative estimate of drug-likeness (QED) is 0.673. The molecule has 0 aromatic rings. The molecule has 0 aromatic carbocycles. The van der Waals surface area contributed by atoms with Crippen molar-refractivity contribution in [2.75, 3.05) is 20.1 Å². The Morgan fingerprint density at radius 3 is 2.40 bits per heavy atom. The molecule has 0 unspecified atom stereocenters. The van der Waals surface area contributed by atoms with Crippen LogP contribution in [-0.4, -0.2) is 49.1 Å². The number of hydrogen-bond donors (Lipinski definition) is 3. The summed E-state index contributed by atoms with van der Waals surface area (Å²) < 4.78 is 0. The van der Waals surface area contributed by atoms with Crippen LogP contribution in [0.5, 0.6) is 0 Å². The van der Waals surface area contributed by atoms with Crippen molar-refractivity contribution in [2.45, 2.75) is 57.5 Å². The number of carbonyl (C=O) groups is 2. The van der Waals surface area contributed by atoms with E-state index in [0.717, 1.165) is 38.6 Å². The van der Waals surface area contributed by atoms with Gasteiger partial charge in [0.05, 0.1) is 0 Å². The molecule has 0 bridgehead atoms. The molecular formula is C14H28N4O2. The van der Waals surface area contributed by atoms with Gasteiger partial charge in [-0.1, -0.05) is 6.92 Å². The first-order valence-electron chi connectivity index (χ1n) is 7.58. The molecule has 0 heterocycles. The van der Waals surface area contributed by atoms with Crippen LogP contribution in [0, 0.1) is 0 Å². The molecule has 1 aliphatic carbocycles. The van der Waals surface area contributed by atoms with Gasteiger partial charge < -0.3 is 11.1 Å². The zero-order valence-electron chi connectivity index (χ0n) is 12.7. The van der Waals surface area contributed by atoms with Crippen molar-refractivity contribution in [3.05, 3.63) is 0 Å². The fourth-order valence-corrected chi connectivity index (χ4v) is 2.73. The summed E-state index contributed by atoms with van der Waals surface area (Å²) >= 11 is 0. The Morgan fingerprint density at radius 2 is 1.85 bits per heavy atom. The fraction of sp³-hybridized carbons (Fsp3) is 0.857. The fourth-order valence-electron chi connectivity index (χ4n) is 2.73. The standard InChI is InChI=1S/C14H28N4O2/c1-3-9-18(12-6-4-11(15)5-7-12)10-8-13(19)17-14(20)16-2/h11-12H,3-10,15H2,1-2H3,(H2,16,17,19,20). The van der Waals surface area contributed by atoms with E-state index in [1.165, 1.54) is 7.05 Å². The van der Waals surface area contributed by atoms with Crippen LogP contribution in [0.2, 0.25) is 0 Å². The van der Waals surface area contributed by atoms with Crippen LogP contribution < -0.4 is 16.4 Å². The van der Waals surface area contributed by atoms with Gasteiger partial charge in [0.15, 0.2) is 0 Å². The van der Waals surface area contributed by atoms with Gasteiger partial charge in [0, 0.05) is 32.1 Å². The lowest BCUT2D eigenvalue weighted by Gasteiger charge is -2.35. The molecule has 4 N–H and O–H groups in total. The maximum absolute atomic E-state index is 11.6. The van der Waals surface area contributed by atoms with Crippen molar-refractivity contribution >= 4 is 11.9 Å². The third kappa shape index (κ3) is 5.88. The first-order valence-corrected chi connectivity index (χ1v) is 7.58. The Morgan fingerprint density at radius 1 is 1.20 bits per heavy atom. The molecule has 116 valence electrons. The van der Waals surface area contributed by atoms with Gasteiger partial charge >= 0.3 is 6.03 Å². The summed E-state index contributed by atoms with van der Waals surface area (Å²) in [6.45, 7) is 3.84. The Bertz CT molecular complexity index is 314. The highest BCUT2D eigenvalue weighted by Crippen LogP contribution is 2.22. The summed E-state index contributed by atoms with van der Waals surface area (Å²) in [4.78, 5) is 25.1. The molecule has 3 amide bonds. The van der Waals surface area contributed by atoms with E-state index >= 15 is 0 Å². The van der Waals surface area contributed by atoms with E-state index in [4.69, 9.17) is 5.73 Å². The summed E-state index contributed by atoms with van der Waals surface area (Å²) in [5, 5.41) is 4.68. The second-order valence-electron chi connectivity index (χ2n) is 5.48. The number of nitrogens with two attached hydrogens (primary N) is 1. The summed E-state index contributed by atoms with van der Waals surface area (Å²) in [5.41, 5.74) is 5.94. The first-order chi connectivity index (χ1) is 9.56. The monoisotopic (exact) mass is 284 g/mol. The predicted molar refractivity (Wildman–Crippen MR) is 79.3 cm³/mol. The lowest BCUT2D eigenvalue weighted by Crippen LogP contribution is -2.44. The van der Waals surface area contributed by atoms with Crippen molar-refractivity contribution in [2.24, 2.45) is 5.73 Å². The number of hydrogen-bond acceptors (Lipinski definition) is 4. The Labute approximate surface area is 121 Å². The molecule has 0 atom stereocenters. The van der Waals surface area contributed by atoms with E-state index in [-0.39, 0.29) is 5.91 Å². The van der Waals surface area contributed by atoms with Crippen LogP contribution in [0.25, 0.3) is 0 Å². The highest BCUT2D eigenvalue weighted by Gasteiger charge is 2.24. The number of rotatable bonds is 6. The van der Waals surface area contributed by atoms with E-state index in [1.54, 1.807) is 0 Å². The zero-order chi connectivity index (χ0) is 15.0. The number of urea groups is 1. The maximum atomic E-state index is 11.6. The maximum Gasteiger partial charge on any atom is 0.321 e. The topological polar surface area (TPSA) is 87.5 Å². The lowest BCUT2D eigenvalue weighted by molar-refractivity contribution is -0.120. The molecule has 20 heavy (non-hydrogen) atoms. The van der Waals surface area contributed by atoms with Crippen molar-refractivity contribution < 1.29 is 9.59 Å². The van der Waals surface area contributed by atoms with Gasteiger partial charge in [-0.05, 0) is 38.6 Å². The predicted octanol–water partition coefficient (Wildman–Crippen LogP) is 0.814. The summed E-state index contributed by atoms with van der Waals surface area (Å²) in [5.74, 6) is -0.224. The van der Waals surface area contributed by atoms with Gasteiger partial charge in [-0.3, -0.25) is 15.0 Å². The SMILES string of the molecule is CCCN(CCC(=O)NC(=O)NC)C1CCC(N)CC1. The largest absolute Gasteiger partial charge is 0.341 e. The van der Waals surface area contributed by atoms with Crippen LogP contribution in [0.4, 0.5) is 4.79 Å². The number of nitrogens with zero attached hydrogens (tertiary/aromatic N) is 1. The third-order valence-electron chi connectivity index (χ3n) is 3.87. The average molecular weight is 284 g/mol. The van der Waals surface area contributed by atoms with Crippen molar-refractivity contribution in [1.29, 1.82) is 0 Å². The Kier molecular flexibility index (Phi) is 7.54. The van der Waals surface area contributed by atoms with Crippen molar-refractivity contribution in [3.8, 4) is 0 Å². The van der Waals surface area contributed by atoms with E-state index < -0.39 is 6.03 Å². The van der Waals surface area contributed by atoms with Crippen LogP contribution in [-0.2, 0) is 4.79 Å². The van der Waals surface area contributed by atoms with Crippen LogP contribution in [0.15, 0.2) is 0 Å². The van der Waals surface area contributed by atoms with E-state index in [2.05, 4.69) is 22.5 Å². The van der Waals surface area contributed by atoms with Gasteiger partial charge in [0.2, 0.25) is 5.91 Å². The van der Waals surface area contributed by atoms with Crippen molar-refractivity contribution in [1.82, 2.24) is 15.5 Å². The van der Waals surface area contributed by atoms with E-state index in [9.17, 15) is 9.59 Å². The first kappa shape index (κ1) is 16.9. The summed E-state index contributed by atoms with van der Waals surface area (Å²) in [6.07, 6.45) is 5.77. The highest BCUT2D eigenvalue weighted by atomic mass is 16.2. The minimum Gasteiger partial charge on any atom is -0.341 e. The van der Waals surface area contributed by atoms with E-state index in [1.807, 2.05) is 0 Å². The number of nitrogens with one attached hydrogen (secondary N) is 2. The average Bonchev–Trinajstić information content (AvgIpc) is 2.44. The zero-order valence-corrected chi connectivity index (χ0v) is 12.7. The molecular weight excluding hydrogens is 256 g/mol. The molecule has 6 heteroatoms. The highest BCUT2D eigenvalue weighted by molar-refractivity contribution is 5.94. The van der Waals surface area contributed by atoms with Gasteiger partial charge in [0.1, 0.15) is 0 Å². The minimum absolute atomic E-state index is 0.224. The molecule has 0 saturated heterocycles. The molecule has 1 fully saturated rings. The number of imide groups is 1. The lowest BCUT2D eigenvalue weighted by atomic mass is 9.90. The summed E-state index contributed by atoms with van der Waals surface area (Å²) in [7, 11) is 1.50. The molecule has 0 aromatic heterocycles. The third-order valence-corrected chi connectivity index (χ3v) is 3.87. The van der Waals surface area contributed by atoms with Gasteiger partial charge in [0.25, 0.3) is 0 Å². The Balaban J connectivity index is 2.38. The smallest absolute Gasteiger partial charge is 0.321 e. The molecule has 1 aliphatic rings. The number of amides is 3. The van der Waals surface area contributed by atoms with Crippen molar-refractivity contribution in [3.63, 3.8) is 0 Å². The molecule has 6 nitrogen and oxygen atoms in total. The Hall–Kier alpha value is -1.14. The normalized spacial score (nSPS) is 22.6. The van der Waals surface area contributed by atoms with Gasteiger partial charge in [-0.25, -0.2) is 4.79 Å². The van der Waals surface area contributed by atoms with E-state index in [0.29, 0.717) is 25.0 Å². The number of carbonyl (C=O) groups excluding carboxylic acids is 2. The van der Waals surface area contributed by atoms with Crippen LogP contribution in [0.1, 0.15) is 45.4 Å². The second kappa shape index (κ2) is 8.92. The molecule has 0 spiro atoms. The van der Waals surface area contributed by atoms with Crippen LogP contribution >= 0.6 is 0 Å². The molecule has 0 radical (unpaired) electrons. The molecule has 1 rings (SSSR count).